The number of anilines is 1. The Morgan fingerprint density at radius 2 is 1.82 bits per heavy atom. The Morgan fingerprint density at radius 1 is 1.06 bits per heavy atom. The van der Waals surface area contributed by atoms with Crippen LogP contribution in [0.3, 0.4) is 0 Å². The molecular formula is C14H12N2S. The molecule has 1 aromatic heterocycles. The molecule has 0 aliphatic rings. The van der Waals surface area contributed by atoms with Gasteiger partial charge in [0.1, 0.15) is 10.8 Å². The van der Waals surface area contributed by atoms with Crippen molar-refractivity contribution in [1.29, 1.82) is 0 Å². The van der Waals surface area contributed by atoms with E-state index < -0.39 is 0 Å². The Labute approximate surface area is 104 Å². The zero-order valence-electron chi connectivity index (χ0n) is 9.47. The number of benzene rings is 2. The van der Waals surface area contributed by atoms with Crippen LogP contribution in [0.2, 0.25) is 0 Å². The molecule has 0 atom stereocenters. The van der Waals surface area contributed by atoms with Gasteiger partial charge in [0.05, 0.1) is 0 Å². The topological polar surface area (TPSA) is 38.9 Å². The Hall–Kier alpha value is -1.87. The zero-order chi connectivity index (χ0) is 11.8. The summed E-state index contributed by atoms with van der Waals surface area (Å²) in [7, 11) is 0. The minimum absolute atomic E-state index is 0.592. The van der Waals surface area contributed by atoms with Gasteiger partial charge in [0, 0.05) is 10.9 Å². The quantitative estimate of drug-likeness (QED) is 0.701. The number of fused-ring (bicyclic) bond motifs is 1. The van der Waals surface area contributed by atoms with Gasteiger partial charge >= 0.3 is 0 Å². The van der Waals surface area contributed by atoms with E-state index in [-0.39, 0.29) is 0 Å². The van der Waals surface area contributed by atoms with Crippen molar-refractivity contribution in [3.05, 3.63) is 47.3 Å². The van der Waals surface area contributed by atoms with E-state index >= 15 is 0 Å². The summed E-state index contributed by atoms with van der Waals surface area (Å²) in [5.74, 6) is 0.592. The maximum Gasteiger partial charge on any atom is 0.135 e. The summed E-state index contributed by atoms with van der Waals surface area (Å²) in [6.45, 7) is 2.11. The highest BCUT2D eigenvalue weighted by atomic mass is 32.1. The van der Waals surface area contributed by atoms with E-state index in [2.05, 4.69) is 48.3 Å². The molecule has 0 amide bonds. The third-order valence-corrected chi connectivity index (χ3v) is 3.67. The van der Waals surface area contributed by atoms with Gasteiger partial charge in [-0.15, -0.1) is 11.3 Å². The van der Waals surface area contributed by atoms with Crippen LogP contribution in [-0.2, 0) is 0 Å². The summed E-state index contributed by atoms with van der Waals surface area (Å²) in [6, 6.07) is 12.9. The number of aryl methyl sites for hydroxylation is 1. The summed E-state index contributed by atoms with van der Waals surface area (Å²) in [6.07, 6.45) is 0. The Kier molecular flexibility index (Phi) is 2.34. The van der Waals surface area contributed by atoms with Gasteiger partial charge < -0.3 is 5.73 Å². The third kappa shape index (κ3) is 1.89. The van der Waals surface area contributed by atoms with E-state index in [0.29, 0.717) is 5.82 Å². The second-order valence-electron chi connectivity index (χ2n) is 4.14. The molecule has 84 valence electrons. The van der Waals surface area contributed by atoms with Crippen molar-refractivity contribution in [2.45, 2.75) is 6.92 Å². The van der Waals surface area contributed by atoms with Crippen molar-refractivity contribution >= 4 is 27.9 Å². The lowest BCUT2D eigenvalue weighted by Gasteiger charge is -2.02. The molecule has 0 saturated carbocycles. The number of nitrogen functional groups attached to an aromatic ring is 1. The van der Waals surface area contributed by atoms with E-state index in [0.717, 1.165) is 10.6 Å². The minimum atomic E-state index is 0.592. The first-order chi connectivity index (χ1) is 8.22. The van der Waals surface area contributed by atoms with Crippen LogP contribution in [0, 0.1) is 6.92 Å². The molecule has 0 spiro atoms. The first-order valence-corrected chi connectivity index (χ1v) is 6.32. The summed E-state index contributed by atoms with van der Waals surface area (Å²) in [4.78, 5) is 4.30. The van der Waals surface area contributed by atoms with Crippen LogP contribution in [0.5, 0.6) is 0 Å². The first-order valence-electron chi connectivity index (χ1n) is 5.44. The van der Waals surface area contributed by atoms with Crippen molar-refractivity contribution < 1.29 is 0 Å². The van der Waals surface area contributed by atoms with Gasteiger partial charge in [0.2, 0.25) is 0 Å². The van der Waals surface area contributed by atoms with Crippen LogP contribution in [0.25, 0.3) is 21.3 Å². The molecule has 1 heterocycles. The molecule has 0 fully saturated rings. The second-order valence-corrected chi connectivity index (χ2v) is 5.00. The molecule has 0 aliphatic heterocycles. The van der Waals surface area contributed by atoms with Gasteiger partial charge in [0.15, 0.2) is 0 Å². The van der Waals surface area contributed by atoms with E-state index in [1.807, 2.05) is 5.38 Å². The zero-order valence-corrected chi connectivity index (χ0v) is 10.3. The predicted octanol–water partition coefficient (Wildman–Crippen LogP) is 3.85. The molecule has 0 aliphatic carbocycles. The molecule has 2 aromatic carbocycles. The number of rotatable bonds is 1. The van der Waals surface area contributed by atoms with Crippen LogP contribution in [0.15, 0.2) is 41.8 Å². The highest BCUT2D eigenvalue weighted by molar-refractivity contribution is 7.13. The fourth-order valence-electron chi connectivity index (χ4n) is 1.92. The molecule has 2 N–H and O–H groups in total. The Balaban J connectivity index is 2.16. The van der Waals surface area contributed by atoms with Gasteiger partial charge in [-0.2, -0.15) is 0 Å². The first kappa shape index (κ1) is 10.3. The monoisotopic (exact) mass is 240 g/mol. The average molecular weight is 240 g/mol. The van der Waals surface area contributed by atoms with E-state index in [9.17, 15) is 0 Å². The molecule has 0 bridgehead atoms. The number of thiazole rings is 1. The van der Waals surface area contributed by atoms with E-state index in [1.54, 1.807) is 11.3 Å². The summed E-state index contributed by atoms with van der Waals surface area (Å²) >= 11 is 1.58. The number of hydrogen-bond donors (Lipinski definition) is 1. The molecule has 3 heteroatoms. The molecule has 0 unspecified atom stereocenters. The largest absolute Gasteiger partial charge is 0.383 e. The van der Waals surface area contributed by atoms with E-state index in [1.165, 1.54) is 16.3 Å². The van der Waals surface area contributed by atoms with Crippen molar-refractivity contribution in [3.63, 3.8) is 0 Å². The highest BCUT2D eigenvalue weighted by Gasteiger charge is 2.03. The van der Waals surface area contributed by atoms with Gasteiger partial charge in [0.25, 0.3) is 0 Å². The average Bonchev–Trinajstić information content (AvgIpc) is 2.75. The fourth-order valence-corrected chi connectivity index (χ4v) is 2.62. The fraction of sp³-hybridized carbons (Fsp3) is 0.0714. The third-order valence-electron chi connectivity index (χ3n) is 2.76. The number of hydrogen-bond acceptors (Lipinski definition) is 3. The van der Waals surface area contributed by atoms with Crippen LogP contribution in [-0.4, -0.2) is 4.98 Å². The molecule has 3 aromatic rings. The summed E-state index contributed by atoms with van der Waals surface area (Å²) < 4.78 is 0. The molecule has 2 nitrogen and oxygen atoms in total. The van der Waals surface area contributed by atoms with Crippen LogP contribution >= 0.6 is 11.3 Å². The SMILES string of the molecule is Cc1ccc2cc(-c3nc(N)cs3)ccc2c1. The lowest BCUT2D eigenvalue weighted by atomic mass is 10.1. The Bertz CT molecular complexity index is 686. The summed E-state index contributed by atoms with van der Waals surface area (Å²) in [5.41, 5.74) is 8.06. The lowest BCUT2D eigenvalue weighted by molar-refractivity contribution is 1.42. The lowest BCUT2D eigenvalue weighted by Crippen LogP contribution is -1.84. The molecule has 0 radical (unpaired) electrons. The standard InChI is InChI=1S/C14H12N2S/c1-9-2-3-11-7-12(5-4-10(11)6-9)14-16-13(15)8-17-14/h2-8H,15H2,1H3. The predicted molar refractivity (Wildman–Crippen MR) is 74.2 cm³/mol. The molecule has 0 saturated heterocycles. The number of nitrogens with two attached hydrogens (primary N) is 1. The Morgan fingerprint density at radius 3 is 2.59 bits per heavy atom. The van der Waals surface area contributed by atoms with E-state index in [4.69, 9.17) is 5.73 Å². The number of nitrogens with zero attached hydrogens (tertiary/aromatic N) is 1. The summed E-state index contributed by atoms with van der Waals surface area (Å²) in [5, 5.41) is 5.35. The van der Waals surface area contributed by atoms with Crippen LogP contribution in [0.1, 0.15) is 5.56 Å². The van der Waals surface area contributed by atoms with Gasteiger partial charge in [-0.25, -0.2) is 4.98 Å². The maximum absolute atomic E-state index is 5.65. The molecular weight excluding hydrogens is 228 g/mol. The van der Waals surface area contributed by atoms with Gasteiger partial charge in [-0.1, -0.05) is 35.9 Å². The molecule has 3 rings (SSSR count). The van der Waals surface area contributed by atoms with Crippen molar-refractivity contribution in [3.8, 4) is 10.6 Å². The second kappa shape index (κ2) is 3.86. The number of aromatic nitrogens is 1. The van der Waals surface area contributed by atoms with Crippen molar-refractivity contribution in [2.75, 3.05) is 5.73 Å². The molecule has 17 heavy (non-hydrogen) atoms. The minimum Gasteiger partial charge on any atom is -0.383 e. The van der Waals surface area contributed by atoms with Crippen LogP contribution in [0.4, 0.5) is 5.82 Å². The maximum atomic E-state index is 5.65. The van der Waals surface area contributed by atoms with Gasteiger partial charge in [-0.05, 0) is 23.8 Å². The van der Waals surface area contributed by atoms with Crippen molar-refractivity contribution in [1.82, 2.24) is 4.98 Å². The smallest absolute Gasteiger partial charge is 0.135 e. The highest BCUT2D eigenvalue weighted by Crippen LogP contribution is 2.28. The van der Waals surface area contributed by atoms with Crippen molar-refractivity contribution in [2.24, 2.45) is 0 Å². The van der Waals surface area contributed by atoms with Gasteiger partial charge in [-0.3, -0.25) is 0 Å². The van der Waals surface area contributed by atoms with Crippen LogP contribution < -0.4 is 5.73 Å². The normalized spacial score (nSPS) is 10.9.